The molecule has 0 aliphatic carbocycles. The number of aryl methyl sites for hydroxylation is 1. The summed E-state index contributed by atoms with van der Waals surface area (Å²) in [5, 5.41) is 10.1. The molecule has 476 valence electrons. The third-order valence-corrected chi connectivity index (χ3v) is 16.6. The van der Waals surface area contributed by atoms with E-state index in [-0.39, 0.29) is 69.0 Å². The van der Waals surface area contributed by atoms with Crippen molar-refractivity contribution in [2.24, 2.45) is 5.73 Å². The average molecular weight is 1250 g/mol. The molecule has 7 N–H and O–H groups in total. The number of benzene rings is 6. The molecule has 18 heteroatoms. The number of ketones is 1. The number of carboxylic acids is 1. The third-order valence-electron chi connectivity index (χ3n) is 16.6. The highest BCUT2D eigenvalue weighted by atomic mass is 19.3. The minimum Gasteiger partial charge on any atom is -0.478 e. The molecule has 10 aromatic rings. The van der Waals surface area contributed by atoms with Gasteiger partial charge in [0.05, 0.1) is 6.54 Å². The molecule has 6 aromatic carbocycles. The molecule has 12 rings (SSSR count). The number of nitrogen functional groups attached to an aromatic ring is 2. The molecule has 2 fully saturated rings. The average Bonchev–Trinajstić information content (AvgIpc) is 1.57. The summed E-state index contributed by atoms with van der Waals surface area (Å²) in [6.45, 7) is 5.96. The molecule has 0 amide bonds. The molecule has 0 radical (unpaired) electrons. The fourth-order valence-electron chi connectivity index (χ4n) is 11.2. The number of aliphatic carboxylic acids is 1. The lowest BCUT2D eigenvalue weighted by Crippen LogP contribution is -2.40. The van der Waals surface area contributed by atoms with E-state index in [1.165, 1.54) is 42.6 Å². The van der Waals surface area contributed by atoms with Gasteiger partial charge in [0.2, 0.25) is 0 Å². The standard InChI is InChI=1S/C37H34F3N3O2.C28H27F3N2O.C8H8N2O2.CH4/c1-24(43-18-16-37(39,40)17-19-43)26-4-6-27(7-5-26)29-20-30-21-33(14-13-32(44)12-2-25-3-15-35(41)42-23-25)45-36(30)34(22-29)28-8-10-31(38)11-9-28;1-18(33-12-10-28(30,31)11-13-33)19-2-4-20(5-3-19)22-14-23-15-25(17-32)34-27(23)26(16-22)21-6-8-24(29)9-7-21;9-7-3-1-6(5-10-7)2-4-8(11)12;/h2-12,15,20-24H,13-14,16-19H2,1H3,(H2,41,42);2-9,14-16,18H,10-13,17,32H2,1H3;1-5H,(H2,9,10)(H,11,12);1H4/b12-2+;;4-2+;. The van der Waals surface area contributed by atoms with Gasteiger partial charge in [0.1, 0.15) is 46.0 Å². The second-order valence-electron chi connectivity index (χ2n) is 22.9. The van der Waals surface area contributed by atoms with E-state index >= 15 is 0 Å². The summed E-state index contributed by atoms with van der Waals surface area (Å²) >= 11 is 0. The number of pyridine rings is 2. The summed E-state index contributed by atoms with van der Waals surface area (Å²) in [6.07, 6.45) is 9.16. The Hall–Kier alpha value is -9.62. The maximum absolute atomic E-state index is 13.8. The number of piperidine rings is 2. The SMILES string of the molecule is C.CC(c1ccc(-c2cc(-c3ccc(F)cc3)c3oc(CCC(=O)/C=C/c4ccc(N)nc4)cc3c2)cc1)N1CCC(F)(F)CC1.CC(c1ccc(-c2cc(-c3ccc(F)cc3)c3oc(CN)cc3c2)cc1)N1CCC(F)(F)CC1.Nc1ccc(/C=C/C(=O)O)cn1. The van der Waals surface area contributed by atoms with Crippen LogP contribution >= 0.6 is 0 Å². The summed E-state index contributed by atoms with van der Waals surface area (Å²) in [6, 6.07) is 48.1. The molecule has 2 aliphatic heterocycles. The predicted molar refractivity (Wildman–Crippen MR) is 353 cm³/mol. The van der Waals surface area contributed by atoms with Gasteiger partial charge in [-0.1, -0.05) is 80.2 Å². The molecule has 2 aliphatic rings. The van der Waals surface area contributed by atoms with Crippen LogP contribution in [-0.4, -0.2) is 74.7 Å². The first-order chi connectivity index (χ1) is 43.6. The number of likely N-dealkylation sites (tertiary alicyclic amines) is 2. The maximum atomic E-state index is 13.8. The molecule has 2 atom stereocenters. The van der Waals surface area contributed by atoms with Gasteiger partial charge in [-0.05, 0) is 173 Å². The zero-order valence-corrected chi connectivity index (χ0v) is 50.3. The number of anilines is 2. The highest BCUT2D eigenvalue weighted by molar-refractivity contribution is 5.99. The minimum absolute atomic E-state index is 0. The van der Waals surface area contributed by atoms with E-state index in [1.54, 1.807) is 60.8 Å². The fourth-order valence-corrected chi connectivity index (χ4v) is 11.2. The zero-order chi connectivity index (χ0) is 64.4. The number of carboxylic acid groups (broad SMARTS) is 1. The Morgan fingerprint density at radius 1 is 0.543 bits per heavy atom. The van der Waals surface area contributed by atoms with Crippen LogP contribution in [0.4, 0.5) is 38.0 Å². The van der Waals surface area contributed by atoms with Crippen molar-refractivity contribution in [1.29, 1.82) is 0 Å². The Labute approximate surface area is 530 Å². The fraction of sp³-hybridized carbons (Fsp3) is 0.243. The van der Waals surface area contributed by atoms with E-state index in [1.807, 2.05) is 36.4 Å². The van der Waals surface area contributed by atoms with Crippen LogP contribution in [0.2, 0.25) is 0 Å². The number of rotatable bonds is 16. The number of nitrogens with zero attached hydrogens (tertiary/aromatic N) is 4. The van der Waals surface area contributed by atoms with E-state index in [0.29, 0.717) is 73.4 Å². The molecule has 2 unspecified atom stereocenters. The van der Waals surface area contributed by atoms with Crippen molar-refractivity contribution in [2.45, 2.75) is 90.3 Å². The smallest absolute Gasteiger partial charge is 0.328 e. The molecule has 2 saturated heterocycles. The summed E-state index contributed by atoms with van der Waals surface area (Å²) in [5.74, 6) is -4.55. The van der Waals surface area contributed by atoms with Crippen molar-refractivity contribution in [2.75, 3.05) is 37.6 Å². The highest BCUT2D eigenvalue weighted by Gasteiger charge is 2.37. The molecule has 4 aromatic heterocycles. The third kappa shape index (κ3) is 17.2. The van der Waals surface area contributed by atoms with Crippen molar-refractivity contribution < 1.29 is 49.9 Å². The number of carbonyl (C=O) groups is 2. The lowest BCUT2D eigenvalue weighted by atomic mass is 9.95. The Morgan fingerprint density at radius 2 is 0.935 bits per heavy atom. The van der Waals surface area contributed by atoms with Crippen LogP contribution in [0.1, 0.15) is 99.2 Å². The summed E-state index contributed by atoms with van der Waals surface area (Å²) in [5.41, 5.74) is 29.2. The maximum Gasteiger partial charge on any atom is 0.328 e. The van der Waals surface area contributed by atoms with Crippen molar-refractivity contribution >= 4 is 57.5 Å². The van der Waals surface area contributed by atoms with Crippen LogP contribution < -0.4 is 17.2 Å². The highest BCUT2D eigenvalue weighted by Crippen LogP contribution is 2.40. The predicted octanol–water partition coefficient (Wildman–Crippen LogP) is 17.4. The van der Waals surface area contributed by atoms with Crippen molar-refractivity contribution in [3.05, 3.63) is 228 Å². The van der Waals surface area contributed by atoms with Gasteiger partial charge in [-0.3, -0.25) is 14.6 Å². The number of hydrogen-bond donors (Lipinski definition) is 4. The van der Waals surface area contributed by atoms with Gasteiger partial charge < -0.3 is 31.1 Å². The first-order valence-corrected chi connectivity index (χ1v) is 30.0. The van der Waals surface area contributed by atoms with Crippen LogP contribution in [0.25, 0.3) is 78.6 Å². The molecule has 6 heterocycles. The van der Waals surface area contributed by atoms with Crippen LogP contribution in [0.15, 0.2) is 191 Å². The molecule has 0 bridgehead atoms. The minimum atomic E-state index is -2.57. The summed E-state index contributed by atoms with van der Waals surface area (Å²) in [7, 11) is 0. The number of alkyl halides is 4. The Bertz CT molecular complexity index is 4170. The van der Waals surface area contributed by atoms with Gasteiger partial charge in [-0.15, -0.1) is 0 Å². The number of hydrogen-bond acceptors (Lipinski definition) is 11. The second-order valence-corrected chi connectivity index (χ2v) is 22.9. The zero-order valence-electron chi connectivity index (χ0n) is 50.3. The lowest BCUT2D eigenvalue weighted by Gasteiger charge is -2.36. The first-order valence-electron chi connectivity index (χ1n) is 30.0. The number of furan rings is 2. The largest absolute Gasteiger partial charge is 0.478 e. The van der Waals surface area contributed by atoms with Gasteiger partial charge >= 0.3 is 5.97 Å². The first kappa shape index (κ1) is 66.8. The Balaban J connectivity index is 0.000000187. The van der Waals surface area contributed by atoms with Gasteiger partial charge in [0, 0.05) is 117 Å². The molecule has 0 saturated carbocycles. The van der Waals surface area contributed by atoms with Gasteiger partial charge in [0.25, 0.3) is 11.8 Å². The molecule has 0 spiro atoms. The quantitative estimate of drug-likeness (QED) is 0.0530. The van der Waals surface area contributed by atoms with E-state index in [0.717, 1.165) is 83.6 Å². The Morgan fingerprint density at radius 3 is 1.33 bits per heavy atom. The van der Waals surface area contributed by atoms with Gasteiger partial charge in [-0.25, -0.2) is 41.1 Å². The van der Waals surface area contributed by atoms with Crippen molar-refractivity contribution in [3.8, 4) is 44.5 Å². The second kappa shape index (κ2) is 29.6. The number of aromatic nitrogens is 2. The van der Waals surface area contributed by atoms with Crippen LogP contribution in [0.5, 0.6) is 0 Å². The van der Waals surface area contributed by atoms with E-state index in [4.69, 9.17) is 31.1 Å². The molecule has 12 nitrogen and oxygen atoms in total. The van der Waals surface area contributed by atoms with Crippen LogP contribution in [-0.2, 0) is 22.6 Å². The van der Waals surface area contributed by atoms with Crippen molar-refractivity contribution in [1.82, 2.24) is 19.8 Å². The summed E-state index contributed by atoms with van der Waals surface area (Å²) in [4.78, 5) is 34.7. The van der Waals surface area contributed by atoms with E-state index in [2.05, 4.69) is 82.1 Å². The van der Waals surface area contributed by atoms with Crippen molar-refractivity contribution in [3.63, 3.8) is 0 Å². The summed E-state index contributed by atoms with van der Waals surface area (Å²) < 4.78 is 94.0. The van der Waals surface area contributed by atoms with E-state index in [9.17, 15) is 35.9 Å². The lowest BCUT2D eigenvalue weighted by molar-refractivity contribution is -0.131. The molecular formula is C74H73F6N7O5. The van der Waals surface area contributed by atoms with Crippen LogP contribution in [0, 0.1) is 11.6 Å². The number of fused-ring (bicyclic) bond motifs is 2. The monoisotopic (exact) mass is 1250 g/mol. The Kier molecular flexibility index (Phi) is 21.5. The number of carbonyl (C=O) groups excluding carboxylic acids is 1. The number of allylic oxidation sites excluding steroid dienone is 1. The number of halogens is 6. The number of nitrogens with two attached hydrogens (primary N) is 3. The topological polar surface area (TPSA) is 191 Å². The normalized spacial score (nSPS) is 15.5. The molecule has 92 heavy (non-hydrogen) atoms. The molecular weight excluding hydrogens is 1180 g/mol. The van der Waals surface area contributed by atoms with E-state index < -0.39 is 17.8 Å². The van der Waals surface area contributed by atoms with Crippen LogP contribution in [0.3, 0.4) is 0 Å². The van der Waals surface area contributed by atoms with Gasteiger partial charge in [0.15, 0.2) is 5.78 Å². The van der Waals surface area contributed by atoms with Gasteiger partial charge in [-0.2, -0.15) is 0 Å².